The molecule has 0 atom stereocenters. The van der Waals surface area contributed by atoms with Gasteiger partial charge < -0.3 is 10.1 Å². The van der Waals surface area contributed by atoms with E-state index < -0.39 is 0 Å². The van der Waals surface area contributed by atoms with Gasteiger partial charge in [-0.15, -0.1) is 0 Å². The molecule has 3 rings (SSSR count). The van der Waals surface area contributed by atoms with Crippen molar-refractivity contribution < 1.29 is 4.74 Å². The number of hydrogen-bond donors (Lipinski definition) is 1. The second-order valence-electron chi connectivity index (χ2n) is 4.94. The van der Waals surface area contributed by atoms with Gasteiger partial charge in [-0.2, -0.15) is 0 Å². The van der Waals surface area contributed by atoms with Crippen LogP contribution in [0.25, 0.3) is 0 Å². The summed E-state index contributed by atoms with van der Waals surface area (Å²) in [5.41, 5.74) is 1.18. The van der Waals surface area contributed by atoms with Gasteiger partial charge in [0.2, 0.25) is 0 Å². The van der Waals surface area contributed by atoms with Crippen molar-refractivity contribution >= 4 is 17.6 Å². The van der Waals surface area contributed by atoms with E-state index in [-0.39, 0.29) is 0 Å². The summed E-state index contributed by atoms with van der Waals surface area (Å²) in [6.07, 6.45) is 2.48. The summed E-state index contributed by atoms with van der Waals surface area (Å²) in [5.74, 6) is 2.64. The quantitative estimate of drug-likeness (QED) is 0.829. The number of anilines is 1. The Morgan fingerprint density at radius 2 is 2.11 bits per heavy atom. The smallest absolute Gasteiger partial charge is 0.135 e. The lowest BCUT2D eigenvalue weighted by atomic mass is 10.3. The largest absolute Gasteiger partial charge is 0.379 e. The van der Waals surface area contributed by atoms with E-state index in [9.17, 15) is 0 Å². The predicted molar refractivity (Wildman–Crippen MR) is 73.4 cm³/mol. The molecule has 1 aliphatic carbocycles. The molecule has 5 heteroatoms. The van der Waals surface area contributed by atoms with E-state index in [0.29, 0.717) is 11.2 Å². The van der Waals surface area contributed by atoms with Crippen LogP contribution in [0, 0.1) is 6.92 Å². The lowest BCUT2D eigenvalue weighted by Crippen LogP contribution is -2.30. The predicted octanol–water partition coefficient (Wildman–Crippen LogP) is 2.59. The van der Waals surface area contributed by atoms with E-state index >= 15 is 0 Å². The summed E-state index contributed by atoms with van der Waals surface area (Å²) < 4.78 is 5.23. The molecule has 0 unspecified atom stereocenters. The maximum atomic E-state index is 5.23. The second-order valence-corrected chi connectivity index (χ2v) is 6.23. The number of aromatic nitrogens is 2. The second kappa shape index (κ2) is 5.05. The molecule has 1 saturated heterocycles. The van der Waals surface area contributed by atoms with Gasteiger partial charge in [0.25, 0.3) is 0 Å². The zero-order chi connectivity index (χ0) is 12.5. The first-order valence-corrected chi connectivity index (χ1v) is 7.52. The Morgan fingerprint density at radius 1 is 1.33 bits per heavy atom. The lowest BCUT2D eigenvalue weighted by molar-refractivity contribution is 0.0454. The molecule has 1 N–H and O–H groups in total. The van der Waals surface area contributed by atoms with Crippen molar-refractivity contribution in [3.05, 3.63) is 11.4 Å². The van der Waals surface area contributed by atoms with Crippen molar-refractivity contribution in [1.29, 1.82) is 0 Å². The molecule has 0 amide bonds. The molecule has 1 aromatic heterocycles. The van der Waals surface area contributed by atoms with E-state index in [1.807, 2.05) is 11.8 Å². The molecule has 1 aliphatic heterocycles. The number of hydrogen-bond acceptors (Lipinski definition) is 5. The molecular formula is C13H19N3OS. The van der Waals surface area contributed by atoms with Gasteiger partial charge >= 0.3 is 0 Å². The molecule has 0 radical (unpaired) electrons. The van der Waals surface area contributed by atoms with Crippen LogP contribution in [0.3, 0.4) is 0 Å². The number of nitrogens with zero attached hydrogens (tertiary/aromatic N) is 2. The van der Waals surface area contributed by atoms with Crippen LogP contribution in [0.2, 0.25) is 0 Å². The highest BCUT2D eigenvalue weighted by Gasteiger charge is 2.29. The Hall–Kier alpha value is -0.810. The molecule has 1 saturated carbocycles. The highest BCUT2D eigenvalue weighted by atomic mass is 32.2. The van der Waals surface area contributed by atoms with Crippen LogP contribution in [0.4, 0.5) is 5.82 Å². The molecule has 1 aromatic rings. The third-order valence-electron chi connectivity index (χ3n) is 3.29. The zero-order valence-electron chi connectivity index (χ0n) is 10.9. The molecule has 0 aromatic carbocycles. The summed E-state index contributed by atoms with van der Waals surface area (Å²) in [6, 6.07) is 0. The van der Waals surface area contributed by atoms with Crippen LogP contribution in [0.1, 0.15) is 37.1 Å². The number of ether oxygens (including phenoxy) is 1. The standard InChI is InChI=1S/C13H19N3OS/c1-3-14-11-8(2)13(18-10-6-17-7-10)16-12(15-11)9-4-5-9/h9-10H,3-7H2,1-2H3,(H,14,15,16). The topological polar surface area (TPSA) is 47.0 Å². The van der Waals surface area contributed by atoms with E-state index in [2.05, 4.69) is 24.1 Å². The lowest BCUT2D eigenvalue weighted by Gasteiger charge is -2.25. The molecule has 2 heterocycles. The van der Waals surface area contributed by atoms with E-state index in [4.69, 9.17) is 9.72 Å². The molecular weight excluding hydrogens is 246 g/mol. The Kier molecular flexibility index (Phi) is 3.43. The van der Waals surface area contributed by atoms with Crippen LogP contribution in [0.5, 0.6) is 0 Å². The van der Waals surface area contributed by atoms with Crippen molar-refractivity contribution in [2.45, 2.75) is 42.9 Å². The Balaban J connectivity index is 1.88. The molecule has 4 nitrogen and oxygen atoms in total. The molecule has 18 heavy (non-hydrogen) atoms. The van der Waals surface area contributed by atoms with Crippen molar-refractivity contribution in [3.63, 3.8) is 0 Å². The average molecular weight is 265 g/mol. The van der Waals surface area contributed by atoms with E-state index in [1.165, 1.54) is 18.4 Å². The van der Waals surface area contributed by atoms with Crippen LogP contribution < -0.4 is 5.32 Å². The number of nitrogens with one attached hydrogen (secondary N) is 1. The molecule has 0 bridgehead atoms. The fourth-order valence-corrected chi connectivity index (χ4v) is 2.99. The summed E-state index contributed by atoms with van der Waals surface area (Å²) in [5, 5.41) is 5.06. The zero-order valence-corrected chi connectivity index (χ0v) is 11.7. The summed E-state index contributed by atoms with van der Waals surface area (Å²) >= 11 is 1.84. The first-order valence-electron chi connectivity index (χ1n) is 6.64. The third kappa shape index (κ3) is 2.47. The van der Waals surface area contributed by atoms with Crippen LogP contribution in [-0.2, 0) is 4.74 Å². The summed E-state index contributed by atoms with van der Waals surface area (Å²) in [4.78, 5) is 9.42. The fraction of sp³-hybridized carbons (Fsp3) is 0.692. The summed E-state index contributed by atoms with van der Waals surface area (Å²) in [6.45, 7) is 6.81. The van der Waals surface area contributed by atoms with Gasteiger partial charge in [-0.3, -0.25) is 0 Å². The van der Waals surface area contributed by atoms with Crippen molar-refractivity contribution in [2.24, 2.45) is 0 Å². The van der Waals surface area contributed by atoms with Gasteiger partial charge in [-0.1, -0.05) is 11.8 Å². The highest BCUT2D eigenvalue weighted by Crippen LogP contribution is 2.40. The van der Waals surface area contributed by atoms with Crippen molar-refractivity contribution in [2.75, 3.05) is 25.1 Å². The molecule has 98 valence electrons. The minimum Gasteiger partial charge on any atom is -0.379 e. The highest BCUT2D eigenvalue weighted by molar-refractivity contribution is 8.00. The van der Waals surface area contributed by atoms with Gasteiger partial charge in [0.05, 0.1) is 18.5 Å². The fourth-order valence-electron chi connectivity index (χ4n) is 1.93. The first-order chi connectivity index (χ1) is 8.78. The van der Waals surface area contributed by atoms with Gasteiger partial charge in [-0.25, -0.2) is 9.97 Å². The van der Waals surface area contributed by atoms with Crippen molar-refractivity contribution in [3.8, 4) is 0 Å². The molecule has 2 fully saturated rings. The number of rotatable bonds is 5. The Labute approximate surface area is 112 Å². The van der Waals surface area contributed by atoms with Gasteiger partial charge in [0.1, 0.15) is 16.7 Å². The van der Waals surface area contributed by atoms with Gasteiger partial charge in [0, 0.05) is 18.0 Å². The monoisotopic (exact) mass is 265 g/mol. The van der Waals surface area contributed by atoms with Crippen molar-refractivity contribution in [1.82, 2.24) is 9.97 Å². The molecule has 0 spiro atoms. The minimum absolute atomic E-state index is 0.570. The molecule has 2 aliphatic rings. The van der Waals surface area contributed by atoms with Gasteiger partial charge in [0.15, 0.2) is 0 Å². The van der Waals surface area contributed by atoms with Gasteiger partial charge in [-0.05, 0) is 26.7 Å². The normalized spacial score (nSPS) is 19.7. The minimum atomic E-state index is 0.570. The Bertz CT molecular complexity index is 444. The van der Waals surface area contributed by atoms with E-state index in [0.717, 1.165) is 36.4 Å². The first kappa shape index (κ1) is 12.2. The summed E-state index contributed by atoms with van der Waals surface area (Å²) in [7, 11) is 0. The maximum Gasteiger partial charge on any atom is 0.135 e. The maximum absolute atomic E-state index is 5.23. The Morgan fingerprint density at radius 3 is 2.67 bits per heavy atom. The van der Waals surface area contributed by atoms with Crippen LogP contribution >= 0.6 is 11.8 Å². The average Bonchev–Trinajstić information content (AvgIpc) is 3.12. The number of thioether (sulfide) groups is 1. The van der Waals surface area contributed by atoms with Crippen LogP contribution in [-0.4, -0.2) is 35.0 Å². The SMILES string of the molecule is CCNc1nc(C2CC2)nc(SC2COC2)c1C. The third-order valence-corrected chi connectivity index (χ3v) is 4.52. The van der Waals surface area contributed by atoms with Crippen LogP contribution in [0.15, 0.2) is 5.03 Å². The van der Waals surface area contributed by atoms with E-state index in [1.54, 1.807) is 0 Å².